The minimum Gasteiger partial charge on any atom is -0.388 e. The normalized spacial score (nSPS) is 49.1. The lowest BCUT2D eigenvalue weighted by Gasteiger charge is -2.49. The van der Waals surface area contributed by atoms with Crippen LogP contribution in [0.2, 0.25) is 0 Å². The molecule has 0 aliphatic heterocycles. The minimum absolute atomic E-state index is 0. The first-order valence-electron chi connectivity index (χ1n) is 5.54. The van der Waals surface area contributed by atoms with Crippen LogP contribution in [0, 0.1) is 10.8 Å². The van der Waals surface area contributed by atoms with E-state index in [1.807, 2.05) is 6.08 Å². The number of rotatable bonds is 0. The Morgan fingerprint density at radius 2 is 1.79 bits per heavy atom. The van der Waals surface area contributed by atoms with Gasteiger partial charge in [0.1, 0.15) is 0 Å². The van der Waals surface area contributed by atoms with Crippen molar-refractivity contribution in [1.29, 1.82) is 0 Å². The molecule has 3 atom stereocenters. The molecule has 3 rings (SSSR count). The molecule has 0 bridgehead atoms. The van der Waals surface area contributed by atoms with Gasteiger partial charge >= 0.3 is 0 Å². The average Bonchev–Trinajstić information content (AvgIpc) is 2.54. The predicted octanol–water partition coefficient (Wildman–Crippen LogP) is 2.59. The maximum Gasteiger partial charge on any atom is 0.0823 e. The maximum absolute atomic E-state index is 10.1. The first-order chi connectivity index (χ1) is 6.79. The fourth-order valence-corrected chi connectivity index (χ4v) is 3.48. The molecule has 0 radical (unpaired) electrons. The van der Waals surface area contributed by atoms with Crippen molar-refractivity contribution >= 4 is 0 Å². The molecule has 1 nitrogen and oxygen atoms in total. The molecule has 1 saturated carbocycles. The molecule has 0 aromatic carbocycles. The Labute approximate surface area is 84.8 Å². The van der Waals surface area contributed by atoms with E-state index in [1.54, 1.807) is 0 Å². The second kappa shape index (κ2) is 2.60. The van der Waals surface area contributed by atoms with Gasteiger partial charge in [-0.1, -0.05) is 49.3 Å². The number of hydrogen-bond donors (Lipinski definition) is 1. The SMILES string of the molecule is O[C@H]1C=C[C@]23C=CC=C[C@@]12CCCC3. The molecule has 0 saturated heterocycles. The van der Waals surface area contributed by atoms with E-state index < -0.39 is 0 Å². The number of aliphatic hydroxyl groups is 1. The fourth-order valence-electron chi connectivity index (χ4n) is 3.48. The fraction of sp³-hybridized carbons (Fsp3) is 0.538. The third-order valence-electron chi connectivity index (χ3n) is 4.30. The first-order valence-corrected chi connectivity index (χ1v) is 5.54. The Bertz CT molecular complexity index is 339. The van der Waals surface area contributed by atoms with Gasteiger partial charge in [0.25, 0.3) is 0 Å². The van der Waals surface area contributed by atoms with Crippen molar-refractivity contribution in [3.63, 3.8) is 0 Å². The van der Waals surface area contributed by atoms with Gasteiger partial charge in [-0.15, -0.1) is 0 Å². The van der Waals surface area contributed by atoms with E-state index in [0.29, 0.717) is 0 Å². The average molecular weight is 188 g/mol. The Balaban J connectivity index is 2.14. The lowest BCUT2D eigenvalue weighted by Crippen LogP contribution is -2.45. The van der Waals surface area contributed by atoms with Crippen LogP contribution < -0.4 is 0 Å². The summed E-state index contributed by atoms with van der Waals surface area (Å²) in [5, 5.41) is 10.1. The molecule has 0 spiro atoms. The quantitative estimate of drug-likeness (QED) is 0.579. The summed E-state index contributed by atoms with van der Waals surface area (Å²) in [6, 6.07) is 0. The van der Waals surface area contributed by atoms with E-state index in [0.717, 1.165) is 6.42 Å². The van der Waals surface area contributed by atoms with Crippen LogP contribution in [0.4, 0.5) is 0 Å². The summed E-state index contributed by atoms with van der Waals surface area (Å²) in [6.45, 7) is 0. The van der Waals surface area contributed by atoms with Gasteiger partial charge in [0.2, 0.25) is 0 Å². The van der Waals surface area contributed by atoms with Gasteiger partial charge in [-0.3, -0.25) is 0 Å². The smallest absolute Gasteiger partial charge is 0.0823 e. The standard InChI is InChI=1S/C13H16O/c14-11-5-10-12-6-1-3-8-13(11,12)9-4-2-7-12/h1,3,5-6,8,10-11,14H,2,4,7,9H2/t11-,12+,13+/m0/s1. The van der Waals surface area contributed by atoms with Crippen molar-refractivity contribution in [2.75, 3.05) is 0 Å². The van der Waals surface area contributed by atoms with Gasteiger partial charge < -0.3 is 5.11 Å². The summed E-state index contributed by atoms with van der Waals surface area (Å²) in [4.78, 5) is 0. The molecule has 14 heavy (non-hydrogen) atoms. The molecule has 0 unspecified atom stereocenters. The topological polar surface area (TPSA) is 20.2 Å². The van der Waals surface area contributed by atoms with Crippen LogP contribution in [0.25, 0.3) is 0 Å². The lowest BCUT2D eigenvalue weighted by molar-refractivity contribution is 0.0181. The van der Waals surface area contributed by atoms with Gasteiger partial charge in [0.15, 0.2) is 0 Å². The van der Waals surface area contributed by atoms with Crippen LogP contribution in [-0.2, 0) is 0 Å². The van der Waals surface area contributed by atoms with Crippen LogP contribution in [-0.4, -0.2) is 11.2 Å². The highest BCUT2D eigenvalue weighted by Gasteiger charge is 2.55. The summed E-state index contributed by atoms with van der Waals surface area (Å²) in [7, 11) is 0. The summed E-state index contributed by atoms with van der Waals surface area (Å²) in [5.74, 6) is 0. The maximum atomic E-state index is 10.1. The summed E-state index contributed by atoms with van der Waals surface area (Å²) >= 11 is 0. The zero-order valence-corrected chi connectivity index (χ0v) is 8.32. The highest BCUT2D eigenvalue weighted by Crippen LogP contribution is 2.60. The lowest BCUT2D eigenvalue weighted by atomic mass is 9.55. The van der Waals surface area contributed by atoms with Crippen molar-refractivity contribution in [1.82, 2.24) is 0 Å². The number of allylic oxidation sites excluding steroid dienone is 4. The van der Waals surface area contributed by atoms with Crippen LogP contribution in [0.15, 0.2) is 36.5 Å². The second-order valence-corrected chi connectivity index (χ2v) is 4.81. The highest BCUT2D eigenvalue weighted by molar-refractivity contribution is 5.39. The van der Waals surface area contributed by atoms with Crippen molar-refractivity contribution in [2.24, 2.45) is 10.8 Å². The van der Waals surface area contributed by atoms with Gasteiger partial charge in [0.05, 0.1) is 6.10 Å². The van der Waals surface area contributed by atoms with Gasteiger partial charge in [-0.25, -0.2) is 0 Å². The van der Waals surface area contributed by atoms with E-state index >= 15 is 0 Å². The molecular weight excluding hydrogens is 172 g/mol. The highest BCUT2D eigenvalue weighted by atomic mass is 16.3. The first kappa shape index (κ1) is 8.49. The third kappa shape index (κ3) is 0.795. The molecule has 3 aliphatic carbocycles. The zero-order valence-electron chi connectivity index (χ0n) is 8.32. The minimum atomic E-state index is -0.274. The molecular formula is C13H16O. The third-order valence-corrected chi connectivity index (χ3v) is 4.30. The van der Waals surface area contributed by atoms with Crippen molar-refractivity contribution < 1.29 is 5.11 Å². The summed E-state index contributed by atoms with van der Waals surface area (Å²) in [5.41, 5.74) is 0.138. The molecule has 1 heteroatoms. The van der Waals surface area contributed by atoms with Crippen LogP contribution in [0.3, 0.4) is 0 Å². The molecule has 3 aliphatic rings. The largest absolute Gasteiger partial charge is 0.388 e. The Kier molecular flexibility index (Phi) is 1.58. The summed E-state index contributed by atoms with van der Waals surface area (Å²) < 4.78 is 0. The number of hydrogen-bond acceptors (Lipinski definition) is 1. The molecule has 0 aromatic rings. The van der Waals surface area contributed by atoms with Crippen LogP contribution in [0.5, 0.6) is 0 Å². The molecule has 74 valence electrons. The molecule has 1 N–H and O–H groups in total. The molecule has 0 aromatic heterocycles. The van der Waals surface area contributed by atoms with E-state index in [1.165, 1.54) is 19.3 Å². The van der Waals surface area contributed by atoms with Gasteiger partial charge in [-0.2, -0.15) is 0 Å². The van der Waals surface area contributed by atoms with Crippen molar-refractivity contribution in [2.45, 2.75) is 31.8 Å². The zero-order chi connectivity index (χ0) is 9.65. The molecule has 0 heterocycles. The second-order valence-electron chi connectivity index (χ2n) is 4.81. The van der Waals surface area contributed by atoms with E-state index in [9.17, 15) is 5.11 Å². The van der Waals surface area contributed by atoms with Crippen molar-refractivity contribution in [3.05, 3.63) is 36.5 Å². The van der Waals surface area contributed by atoms with Crippen molar-refractivity contribution in [3.8, 4) is 0 Å². The van der Waals surface area contributed by atoms with Gasteiger partial charge in [0, 0.05) is 10.8 Å². The van der Waals surface area contributed by atoms with Gasteiger partial charge in [-0.05, 0) is 12.8 Å². The van der Waals surface area contributed by atoms with Crippen LogP contribution in [0.1, 0.15) is 25.7 Å². The van der Waals surface area contributed by atoms with E-state index in [-0.39, 0.29) is 16.9 Å². The van der Waals surface area contributed by atoms with Crippen LogP contribution >= 0.6 is 0 Å². The monoisotopic (exact) mass is 188 g/mol. The van der Waals surface area contributed by atoms with E-state index in [4.69, 9.17) is 0 Å². The summed E-state index contributed by atoms with van der Waals surface area (Å²) in [6.07, 6.45) is 17.6. The molecule has 0 amide bonds. The Morgan fingerprint density at radius 3 is 2.64 bits per heavy atom. The Morgan fingerprint density at radius 1 is 1.00 bits per heavy atom. The van der Waals surface area contributed by atoms with E-state index in [2.05, 4.69) is 30.4 Å². The predicted molar refractivity (Wildman–Crippen MR) is 56.8 cm³/mol. The number of aliphatic hydroxyl groups excluding tert-OH is 1. The Hall–Kier alpha value is -0.820. The molecule has 1 fully saturated rings.